The van der Waals surface area contributed by atoms with E-state index in [4.69, 9.17) is 16.3 Å². The molecule has 0 radical (unpaired) electrons. The van der Waals surface area contributed by atoms with E-state index in [1.54, 1.807) is 18.2 Å². The SMILES string of the molecule is COc1ccc(Cl)cc1CN(C)C(=O)c1cc(F)c(C)c([N+](=O)[O-])c1. The van der Waals surface area contributed by atoms with Crippen molar-refractivity contribution in [1.82, 2.24) is 4.90 Å². The van der Waals surface area contributed by atoms with Crippen LogP contribution < -0.4 is 4.74 Å². The van der Waals surface area contributed by atoms with Gasteiger partial charge in [-0.3, -0.25) is 14.9 Å². The van der Waals surface area contributed by atoms with Gasteiger partial charge >= 0.3 is 0 Å². The van der Waals surface area contributed by atoms with Crippen LogP contribution in [-0.2, 0) is 6.54 Å². The monoisotopic (exact) mass is 366 g/mol. The number of halogens is 2. The number of carbonyl (C=O) groups is 1. The van der Waals surface area contributed by atoms with Gasteiger partial charge in [0.15, 0.2) is 0 Å². The molecule has 0 aliphatic heterocycles. The number of methoxy groups -OCH3 is 1. The molecule has 0 N–H and O–H groups in total. The van der Waals surface area contributed by atoms with Gasteiger partial charge in [-0.15, -0.1) is 0 Å². The molecule has 2 aromatic carbocycles. The quantitative estimate of drug-likeness (QED) is 0.592. The Hall–Kier alpha value is -2.67. The number of benzene rings is 2. The van der Waals surface area contributed by atoms with Gasteiger partial charge in [-0.2, -0.15) is 0 Å². The molecule has 0 atom stereocenters. The van der Waals surface area contributed by atoms with Crippen LogP contribution in [0.1, 0.15) is 21.5 Å². The fraction of sp³-hybridized carbons (Fsp3) is 0.235. The van der Waals surface area contributed by atoms with E-state index in [1.165, 1.54) is 26.0 Å². The summed E-state index contributed by atoms with van der Waals surface area (Å²) < 4.78 is 19.1. The second-order valence-electron chi connectivity index (χ2n) is 5.48. The molecule has 0 fully saturated rings. The zero-order valence-corrected chi connectivity index (χ0v) is 14.6. The Bertz CT molecular complexity index is 842. The van der Waals surface area contributed by atoms with Crippen LogP contribution in [0.3, 0.4) is 0 Å². The average Bonchev–Trinajstić information content (AvgIpc) is 2.56. The summed E-state index contributed by atoms with van der Waals surface area (Å²) in [4.78, 5) is 24.1. The van der Waals surface area contributed by atoms with Crippen molar-refractivity contribution in [2.45, 2.75) is 13.5 Å². The van der Waals surface area contributed by atoms with E-state index in [0.29, 0.717) is 16.3 Å². The van der Waals surface area contributed by atoms with Crippen molar-refractivity contribution in [3.8, 4) is 5.75 Å². The molecule has 0 saturated heterocycles. The average molecular weight is 367 g/mol. The lowest BCUT2D eigenvalue weighted by Gasteiger charge is -2.19. The highest BCUT2D eigenvalue weighted by Crippen LogP contribution is 2.26. The summed E-state index contributed by atoms with van der Waals surface area (Å²) in [6.07, 6.45) is 0. The van der Waals surface area contributed by atoms with Gasteiger partial charge in [0.2, 0.25) is 0 Å². The lowest BCUT2D eigenvalue weighted by molar-refractivity contribution is -0.385. The molecule has 2 aromatic rings. The highest BCUT2D eigenvalue weighted by atomic mass is 35.5. The maximum atomic E-state index is 13.9. The zero-order valence-electron chi connectivity index (χ0n) is 13.9. The van der Waals surface area contributed by atoms with Crippen LogP contribution in [0.15, 0.2) is 30.3 Å². The Labute approximate surface area is 148 Å². The van der Waals surface area contributed by atoms with Gasteiger partial charge in [0, 0.05) is 35.8 Å². The Morgan fingerprint density at radius 3 is 2.64 bits per heavy atom. The summed E-state index contributed by atoms with van der Waals surface area (Å²) in [5, 5.41) is 11.5. The summed E-state index contributed by atoms with van der Waals surface area (Å²) in [5.74, 6) is -0.805. The van der Waals surface area contributed by atoms with Crippen molar-refractivity contribution in [1.29, 1.82) is 0 Å². The highest BCUT2D eigenvalue weighted by molar-refractivity contribution is 6.30. The van der Waals surface area contributed by atoms with Gasteiger partial charge in [0.05, 0.1) is 17.6 Å². The first-order valence-corrected chi connectivity index (χ1v) is 7.64. The maximum Gasteiger partial charge on any atom is 0.276 e. The molecule has 0 heterocycles. The third-order valence-corrected chi connectivity index (χ3v) is 3.99. The molecule has 6 nitrogen and oxygen atoms in total. The standard InChI is InChI=1S/C17H16ClFN2O4/c1-10-14(19)7-11(8-15(10)21(23)24)17(22)20(2)9-12-6-13(18)4-5-16(12)25-3/h4-8H,9H2,1-3H3. The van der Waals surface area contributed by atoms with Gasteiger partial charge < -0.3 is 9.64 Å². The van der Waals surface area contributed by atoms with Crippen LogP contribution in [0.4, 0.5) is 10.1 Å². The van der Waals surface area contributed by atoms with E-state index in [-0.39, 0.29) is 17.7 Å². The summed E-state index contributed by atoms with van der Waals surface area (Å²) in [6.45, 7) is 1.44. The van der Waals surface area contributed by atoms with E-state index in [9.17, 15) is 19.3 Å². The Kier molecular flexibility index (Phi) is 5.58. The first-order valence-electron chi connectivity index (χ1n) is 7.27. The second-order valence-corrected chi connectivity index (χ2v) is 5.91. The predicted octanol–water partition coefficient (Wildman–Crippen LogP) is 3.98. The Morgan fingerprint density at radius 1 is 1.36 bits per heavy atom. The predicted molar refractivity (Wildman–Crippen MR) is 91.6 cm³/mol. The fourth-order valence-electron chi connectivity index (χ4n) is 2.40. The second kappa shape index (κ2) is 7.48. The maximum absolute atomic E-state index is 13.9. The van der Waals surface area contributed by atoms with E-state index in [0.717, 1.165) is 12.1 Å². The smallest absolute Gasteiger partial charge is 0.276 e. The van der Waals surface area contributed by atoms with Crippen molar-refractivity contribution in [3.63, 3.8) is 0 Å². The molecule has 0 aliphatic carbocycles. The number of ether oxygens (including phenoxy) is 1. The first kappa shape index (κ1) is 18.7. The van der Waals surface area contributed by atoms with Gasteiger partial charge in [0.1, 0.15) is 11.6 Å². The largest absolute Gasteiger partial charge is 0.496 e. The minimum Gasteiger partial charge on any atom is -0.496 e. The first-order chi connectivity index (χ1) is 11.7. The molecular formula is C17H16ClFN2O4. The molecule has 2 rings (SSSR count). The normalized spacial score (nSPS) is 10.4. The van der Waals surface area contributed by atoms with Crippen LogP contribution in [0, 0.1) is 22.9 Å². The van der Waals surface area contributed by atoms with Crippen molar-refractivity contribution < 1.29 is 18.8 Å². The molecule has 0 aliphatic rings. The van der Waals surface area contributed by atoms with Gasteiger partial charge in [-0.1, -0.05) is 11.6 Å². The van der Waals surface area contributed by atoms with E-state index in [2.05, 4.69) is 0 Å². The van der Waals surface area contributed by atoms with E-state index in [1.807, 2.05) is 0 Å². The van der Waals surface area contributed by atoms with Crippen LogP contribution in [0.5, 0.6) is 5.75 Å². The van der Waals surface area contributed by atoms with Crippen molar-refractivity contribution in [2.24, 2.45) is 0 Å². The molecule has 0 spiro atoms. The van der Waals surface area contributed by atoms with Crippen molar-refractivity contribution in [2.75, 3.05) is 14.2 Å². The summed E-state index contributed by atoms with van der Waals surface area (Å²) in [5.41, 5.74) is 0.0176. The lowest BCUT2D eigenvalue weighted by atomic mass is 10.1. The zero-order chi connectivity index (χ0) is 18.7. The third kappa shape index (κ3) is 4.06. The number of nitrogens with zero attached hydrogens (tertiary/aromatic N) is 2. The third-order valence-electron chi connectivity index (χ3n) is 3.76. The molecule has 0 aromatic heterocycles. The Morgan fingerprint density at radius 2 is 2.04 bits per heavy atom. The van der Waals surface area contributed by atoms with Crippen LogP contribution in [0.25, 0.3) is 0 Å². The number of carbonyl (C=O) groups excluding carboxylic acids is 1. The lowest BCUT2D eigenvalue weighted by Crippen LogP contribution is -2.26. The molecule has 132 valence electrons. The molecule has 0 saturated carbocycles. The molecule has 1 amide bonds. The molecule has 8 heteroatoms. The van der Waals surface area contributed by atoms with Crippen molar-refractivity contribution >= 4 is 23.2 Å². The fourth-order valence-corrected chi connectivity index (χ4v) is 2.59. The molecule has 0 bridgehead atoms. The van der Waals surface area contributed by atoms with Crippen LogP contribution >= 0.6 is 11.6 Å². The van der Waals surface area contributed by atoms with Gasteiger partial charge in [0.25, 0.3) is 11.6 Å². The van der Waals surface area contributed by atoms with Crippen LogP contribution in [0.2, 0.25) is 5.02 Å². The molecular weight excluding hydrogens is 351 g/mol. The topological polar surface area (TPSA) is 72.7 Å². The Balaban J connectivity index is 2.32. The number of nitro benzene ring substituents is 1. The number of hydrogen-bond donors (Lipinski definition) is 0. The van der Waals surface area contributed by atoms with Gasteiger partial charge in [-0.25, -0.2) is 4.39 Å². The minimum atomic E-state index is -0.800. The highest BCUT2D eigenvalue weighted by Gasteiger charge is 2.22. The van der Waals surface area contributed by atoms with E-state index < -0.39 is 22.3 Å². The molecule has 0 unspecified atom stereocenters. The number of amides is 1. The van der Waals surface area contributed by atoms with Gasteiger partial charge in [-0.05, 0) is 31.2 Å². The summed E-state index contributed by atoms with van der Waals surface area (Å²) in [6, 6.07) is 7.06. The van der Waals surface area contributed by atoms with Crippen LogP contribution in [-0.4, -0.2) is 29.9 Å². The van der Waals surface area contributed by atoms with E-state index >= 15 is 0 Å². The summed E-state index contributed by atoms with van der Waals surface area (Å²) in [7, 11) is 3.00. The minimum absolute atomic E-state index is 0.0988. The molecule has 25 heavy (non-hydrogen) atoms. The summed E-state index contributed by atoms with van der Waals surface area (Å²) >= 11 is 5.96. The van der Waals surface area contributed by atoms with Crippen molar-refractivity contribution in [3.05, 3.63) is 68.0 Å². The number of nitro groups is 1. The number of rotatable bonds is 5. The number of hydrogen-bond acceptors (Lipinski definition) is 4.